The number of carbonyl (C=O) groups is 1. The van der Waals surface area contributed by atoms with Crippen LogP contribution in [0.5, 0.6) is 0 Å². The molecule has 116 valence electrons. The molecule has 2 atom stereocenters. The van der Waals surface area contributed by atoms with E-state index in [1.165, 1.54) is 6.07 Å². The molecular formula is C15H20ClFN2O2. The van der Waals surface area contributed by atoms with Crippen LogP contribution in [0, 0.1) is 5.82 Å². The highest BCUT2D eigenvalue weighted by molar-refractivity contribution is 6.30. The minimum Gasteiger partial charge on any atom is -0.480 e. The molecule has 1 aliphatic heterocycles. The molecule has 0 saturated carbocycles. The lowest BCUT2D eigenvalue weighted by atomic mass is 10.1. The number of halogens is 2. The third-order valence-corrected chi connectivity index (χ3v) is 4.52. The maximum absolute atomic E-state index is 13.2. The molecule has 0 radical (unpaired) electrons. The Morgan fingerprint density at radius 1 is 1.24 bits per heavy atom. The van der Waals surface area contributed by atoms with Gasteiger partial charge in [-0.25, -0.2) is 4.39 Å². The van der Waals surface area contributed by atoms with Crippen molar-refractivity contribution in [2.75, 3.05) is 26.2 Å². The molecule has 0 spiro atoms. The van der Waals surface area contributed by atoms with E-state index in [-0.39, 0.29) is 11.1 Å². The molecular weight excluding hydrogens is 295 g/mol. The molecule has 0 amide bonds. The largest absolute Gasteiger partial charge is 0.480 e. The lowest BCUT2D eigenvalue weighted by molar-refractivity contribution is -0.143. The molecule has 2 rings (SSSR count). The van der Waals surface area contributed by atoms with Crippen LogP contribution in [0.4, 0.5) is 4.39 Å². The van der Waals surface area contributed by atoms with E-state index >= 15 is 0 Å². The highest BCUT2D eigenvalue weighted by atomic mass is 35.5. The third-order valence-electron chi connectivity index (χ3n) is 4.23. The Morgan fingerprint density at radius 3 is 2.33 bits per heavy atom. The van der Waals surface area contributed by atoms with Crippen molar-refractivity contribution in [2.24, 2.45) is 0 Å². The molecule has 21 heavy (non-hydrogen) atoms. The SMILES string of the molecule is CC(C(=O)O)N1CCN(C(C)c2ccc(F)c(Cl)c2)CC1. The minimum absolute atomic E-state index is 0.130. The van der Waals surface area contributed by atoms with Crippen LogP contribution in [0.25, 0.3) is 0 Å². The lowest BCUT2D eigenvalue weighted by Crippen LogP contribution is -2.52. The summed E-state index contributed by atoms with van der Waals surface area (Å²) >= 11 is 5.83. The average Bonchev–Trinajstić information content (AvgIpc) is 2.48. The van der Waals surface area contributed by atoms with E-state index in [0.717, 1.165) is 18.7 Å². The zero-order valence-corrected chi connectivity index (χ0v) is 13.0. The molecule has 0 aromatic heterocycles. The summed E-state index contributed by atoms with van der Waals surface area (Å²) in [5.74, 6) is -1.20. The summed E-state index contributed by atoms with van der Waals surface area (Å²) in [6, 6.07) is 4.47. The van der Waals surface area contributed by atoms with Crippen LogP contribution in [0.15, 0.2) is 18.2 Å². The molecule has 0 aliphatic carbocycles. The molecule has 1 aliphatic rings. The van der Waals surface area contributed by atoms with Gasteiger partial charge >= 0.3 is 5.97 Å². The molecule has 0 bridgehead atoms. The van der Waals surface area contributed by atoms with Crippen molar-refractivity contribution in [1.82, 2.24) is 9.80 Å². The van der Waals surface area contributed by atoms with E-state index in [4.69, 9.17) is 16.7 Å². The topological polar surface area (TPSA) is 43.8 Å². The van der Waals surface area contributed by atoms with E-state index in [1.54, 1.807) is 19.1 Å². The normalized spacial score (nSPS) is 20.2. The number of carboxylic acid groups (broad SMARTS) is 1. The van der Waals surface area contributed by atoms with Gasteiger partial charge in [0.15, 0.2) is 0 Å². The quantitative estimate of drug-likeness (QED) is 0.928. The Bertz CT molecular complexity index is 518. The smallest absolute Gasteiger partial charge is 0.320 e. The summed E-state index contributed by atoms with van der Waals surface area (Å²) in [6.45, 7) is 6.77. The first-order valence-corrected chi connectivity index (χ1v) is 7.44. The fourth-order valence-electron chi connectivity index (χ4n) is 2.65. The van der Waals surface area contributed by atoms with Crippen LogP contribution in [0.1, 0.15) is 25.5 Å². The predicted molar refractivity (Wildman–Crippen MR) is 80.1 cm³/mol. The summed E-state index contributed by atoms with van der Waals surface area (Å²) in [6.07, 6.45) is 0. The van der Waals surface area contributed by atoms with Crippen molar-refractivity contribution in [3.8, 4) is 0 Å². The van der Waals surface area contributed by atoms with Crippen molar-refractivity contribution in [3.63, 3.8) is 0 Å². The lowest BCUT2D eigenvalue weighted by Gasteiger charge is -2.39. The molecule has 1 fully saturated rings. The monoisotopic (exact) mass is 314 g/mol. The second-order valence-corrected chi connectivity index (χ2v) is 5.84. The van der Waals surface area contributed by atoms with Gasteiger partial charge in [0.1, 0.15) is 11.9 Å². The number of benzene rings is 1. The van der Waals surface area contributed by atoms with E-state index in [2.05, 4.69) is 11.8 Å². The fourth-order valence-corrected chi connectivity index (χ4v) is 2.84. The Balaban J connectivity index is 1.98. The molecule has 1 aromatic carbocycles. The zero-order valence-electron chi connectivity index (χ0n) is 12.2. The standard InChI is InChI=1S/C15H20ClFN2O2/c1-10(12-3-4-14(17)13(16)9-12)18-5-7-19(8-6-18)11(2)15(20)21/h3-4,9-11H,5-8H2,1-2H3,(H,20,21). The second kappa shape index (κ2) is 6.73. The van der Waals surface area contributed by atoms with Gasteiger partial charge in [-0.2, -0.15) is 0 Å². The van der Waals surface area contributed by atoms with Crippen molar-refractivity contribution in [2.45, 2.75) is 25.9 Å². The first-order valence-electron chi connectivity index (χ1n) is 7.06. The van der Waals surface area contributed by atoms with E-state index in [0.29, 0.717) is 13.1 Å². The van der Waals surface area contributed by atoms with Gasteiger partial charge in [-0.1, -0.05) is 17.7 Å². The number of hydrogen-bond donors (Lipinski definition) is 1. The fraction of sp³-hybridized carbons (Fsp3) is 0.533. The van der Waals surface area contributed by atoms with Crippen LogP contribution < -0.4 is 0 Å². The van der Waals surface area contributed by atoms with Gasteiger partial charge in [-0.3, -0.25) is 14.6 Å². The summed E-state index contributed by atoms with van der Waals surface area (Å²) in [4.78, 5) is 15.2. The number of carboxylic acids is 1. The zero-order chi connectivity index (χ0) is 15.6. The Hall–Kier alpha value is -1.17. The Kier molecular flexibility index (Phi) is 5.19. The van der Waals surface area contributed by atoms with Crippen LogP contribution >= 0.6 is 11.6 Å². The summed E-state index contributed by atoms with van der Waals surface area (Å²) in [5, 5.41) is 9.17. The van der Waals surface area contributed by atoms with Gasteiger partial charge in [0.05, 0.1) is 5.02 Å². The van der Waals surface area contributed by atoms with Gasteiger partial charge in [0, 0.05) is 32.2 Å². The van der Waals surface area contributed by atoms with Crippen molar-refractivity contribution >= 4 is 17.6 Å². The molecule has 2 unspecified atom stereocenters. The van der Waals surface area contributed by atoms with Crippen LogP contribution in [-0.4, -0.2) is 53.1 Å². The predicted octanol–water partition coefficient (Wildman–Crippen LogP) is 2.63. The highest BCUT2D eigenvalue weighted by Crippen LogP contribution is 2.26. The Morgan fingerprint density at radius 2 is 1.81 bits per heavy atom. The van der Waals surface area contributed by atoms with Gasteiger partial charge in [-0.15, -0.1) is 0 Å². The first kappa shape index (κ1) is 16.2. The molecule has 1 N–H and O–H groups in total. The van der Waals surface area contributed by atoms with Crippen LogP contribution in [0.3, 0.4) is 0 Å². The van der Waals surface area contributed by atoms with E-state index in [9.17, 15) is 9.18 Å². The minimum atomic E-state index is -0.790. The first-order chi connectivity index (χ1) is 9.90. The second-order valence-electron chi connectivity index (χ2n) is 5.44. The van der Waals surface area contributed by atoms with Crippen molar-refractivity contribution in [1.29, 1.82) is 0 Å². The van der Waals surface area contributed by atoms with Crippen molar-refractivity contribution in [3.05, 3.63) is 34.6 Å². The molecule has 1 aromatic rings. The van der Waals surface area contributed by atoms with Gasteiger partial charge in [0.25, 0.3) is 0 Å². The van der Waals surface area contributed by atoms with Crippen molar-refractivity contribution < 1.29 is 14.3 Å². The number of rotatable bonds is 4. The summed E-state index contributed by atoms with van der Waals surface area (Å²) in [7, 11) is 0. The summed E-state index contributed by atoms with van der Waals surface area (Å²) < 4.78 is 13.2. The Labute approximate surface area is 129 Å². The molecule has 4 nitrogen and oxygen atoms in total. The maximum Gasteiger partial charge on any atom is 0.320 e. The number of aliphatic carboxylic acids is 1. The van der Waals surface area contributed by atoms with Gasteiger partial charge in [-0.05, 0) is 31.5 Å². The molecule has 6 heteroatoms. The number of nitrogens with zero attached hydrogens (tertiary/aromatic N) is 2. The summed E-state index contributed by atoms with van der Waals surface area (Å²) in [5.41, 5.74) is 0.973. The van der Waals surface area contributed by atoms with Crippen LogP contribution in [0.2, 0.25) is 5.02 Å². The third kappa shape index (κ3) is 3.73. The maximum atomic E-state index is 13.2. The highest BCUT2D eigenvalue weighted by Gasteiger charge is 2.27. The average molecular weight is 315 g/mol. The number of piperazine rings is 1. The molecule has 1 saturated heterocycles. The van der Waals surface area contributed by atoms with Gasteiger partial charge in [0.2, 0.25) is 0 Å². The van der Waals surface area contributed by atoms with E-state index in [1.807, 2.05) is 4.90 Å². The van der Waals surface area contributed by atoms with E-state index < -0.39 is 17.8 Å². The van der Waals surface area contributed by atoms with Gasteiger partial charge < -0.3 is 5.11 Å². The van der Waals surface area contributed by atoms with Crippen LogP contribution in [-0.2, 0) is 4.79 Å². The molecule has 1 heterocycles. The number of hydrogen-bond acceptors (Lipinski definition) is 3.